The van der Waals surface area contributed by atoms with Crippen molar-refractivity contribution in [2.75, 3.05) is 11.1 Å². The predicted octanol–water partition coefficient (Wildman–Crippen LogP) is 4.85. The molecular formula is C28H24N8O. The van der Waals surface area contributed by atoms with E-state index in [1.807, 2.05) is 48.7 Å². The van der Waals surface area contributed by atoms with Gasteiger partial charge in [0.1, 0.15) is 22.9 Å². The number of imidazole rings is 2. The van der Waals surface area contributed by atoms with Gasteiger partial charge >= 0.3 is 0 Å². The molecule has 0 aliphatic heterocycles. The number of carbonyl (C=O) groups excluding carboxylic acids is 1. The maximum Gasteiger partial charge on any atom is 0.229 e. The molecule has 9 heteroatoms. The van der Waals surface area contributed by atoms with Gasteiger partial charge in [0.2, 0.25) is 11.9 Å². The van der Waals surface area contributed by atoms with Gasteiger partial charge in [0, 0.05) is 24.2 Å². The molecule has 0 radical (unpaired) electrons. The molecule has 0 atom stereocenters. The van der Waals surface area contributed by atoms with Crippen LogP contribution in [0.3, 0.4) is 0 Å². The Labute approximate surface area is 212 Å². The molecule has 0 saturated heterocycles. The third kappa shape index (κ3) is 3.65. The molecule has 4 heterocycles. The van der Waals surface area contributed by atoms with Crippen LogP contribution in [0, 0.1) is 18.1 Å². The number of aromatic amines is 2. The van der Waals surface area contributed by atoms with Crippen LogP contribution in [0.1, 0.15) is 37.4 Å². The van der Waals surface area contributed by atoms with Crippen LogP contribution in [0.5, 0.6) is 0 Å². The lowest BCUT2D eigenvalue weighted by Gasteiger charge is -2.26. The third-order valence-electron chi connectivity index (χ3n) is 7.35. The molecule has 0 spiro atoms. The van der Waals surface area contributed by atoms with Crippen molar-refractivity contribution in [3.63, 3.8) is 0 Å². The number of rotatable bonds is 4. The van der Waals surface area contributed by atoms with E-state index in [-0.39, 0.29) is 17.7 Å². The van der Waals surface area contributed by atoms with Crippen molar-refractivity contribution in [1.82, 2.24) is 29.3 Å². The van der Waals surface area contributed by atoms with Crippen molar-refractivity contribution in [2.45, 2.75) is 31.6 Å². The molecule has 1 aliphatic rings. The number of nitrogens with zero attached hydrogens (tertiary/aromatic N) is 4. The zero-order valence-electron chi connectivity index (χ0n) is 20.0. The highest BCUT2D eigenvalue weighted by Gasteiger charge is 2.31. The molecule has 1 saturated carbocycles. The number of aromatic nitrogens is 6. The molecule has 6 aromatic rings. The molecule has 2 aromatic carbocycles. The van der Waals surface area contributed by atoms with Gasteiger partial charge in [-0.25, -0.2) is 15.0 Å². The normalized spacial score (nSPS) is 17.8. The van der Waals surface area contributed by atoms with E-state index in [0.717, 1.165) is 70.3 Å². The fourth-order valence-electron chi connectivity index (χ4n) is 5.48. The molecule has 1 amide bonds. The number of benzene rings is 1. The zero-order chi connectivity index (χ0) is 24.9. The maximum atomic E-state index is 13.0. The molecule has 4 aromatic heterocycles. The highest BCUT2D eigenvalue weighted by atomic mass is 16.2. The summed E-state index contributed by atoms with van der Waals surface area (Å²) in [6.07, 6.45) is 6.89. The number of para-hydroxylation sites is 2. The fourth-order valence-corrected chi connectivity index (χ4v) is 5.48. The first-order chi connectivity index (χ1) is 18.1. The number of nitrogen functional groups attached to an aromatic ring is 1. The van der Waals surface area contributed by atoms with Crippen LogP contribution in [0.4, 0.5) is 11.8 Å². The predicted molar refractivity (Wildman–Crippen MR) is 142 cm³/mol. The Kier molecular flexibility index (Phi) is 4.86. The van der Waals surface area contributed by atoms with E-state index in [2.05, 4.69) is 41.8 Å². The van der Waals surface area contributed by atoms with Crippen molar-refractivity contribution in [2.24, 2.45) is 5.92 Å². The summed E-state index contributed by atoms with van der Waals surface area (Å²) in [7, 11) is 0. The second-order valence-corrected chi connectivity index (χ2v) is 9.60. The second-order valence-electron chi connectivity index (χ2n) is 9.60. The minimum Gasteiger partial charge on any atom is -0.382 e. The molecule has 37 heavy (non-hydrogen) atoms. The van der Waals surface area contributed by atoms with Crippen LogP contribution in [-0.2, 0) is 4.79 Å². The number of amides is 1. The summed E-state index contributed by atoms with van der Waals surface area (Å²) >= 11 is 0. The van der Waals surface area contributed by atoms with Crippen LogP contribution < -0.4 is 11.1 Å². The Hall–Kier alpha value is -4.84. The van der Waals surface area contributed by atoms with Gasteiger partial charge in [0.15, 0.2) is 0 Å². The monoisotopic (exact) mass is 488 g/mol. The molecule has 0 bridgehead atoms. The van der Waals surface area contributed by atoms with Crippen LogP contribution in [0.15, 0.2) is 54.9 Å². The lowest BCUT2D eigenvalue weighted by Crippen LogP contribution is -2.27. The van der Waals surface area contributed by atoms with Crippen molar-refractivity contribution >= 4 is 45.1 Å². The van der Waals surface area contributed by atoms with E-state index in [4.69, 9.17) is 10.7 Å². The van der Waals surface area contributed by atoms with Gasteiger partial charge < -0.3 is 15.7 Å². The third-order valence-corrected chi connectivity index (χ3v) is 7.35. The SMILES string of the molecule is Nc1nccn2c(C3CCC(C(=O)Nc4nc5ccccc5[nH]4)CC3)nc(-c3cc4c#cccc4[nH]3)c12. The zero-order valence-corrected chi connectivity index (χ0v) is 20.0. The summed E-state index contributed by atoms with van der Waals surface area (Å²) in [5.41, 5.74) is 11.5. The van der Waals surface area contributed by atoms with Gasteiger partial charge in [-0.15, -0.1) is 0 Å². The number of nitrogens with two attached hydrogens (primary N) is 1. The Balaban J connectivity index is 1.13. The molecule has 1 fully saturated rings. The average molecular weight is 489 g/mol. The molecule has 7 rings (SSSR count). The molecule has 5 N–H and O–H groups in total. The van der Waals surface area contributed by atoms with Crippen molar-refractivity contribution in [3.8, 4) is 11.4 Å². The summed E-state index contributed by atoms with van der Waals surface area (Å²) in [6, 6.07) is 19.7. The van der Waals surface area contributed by atoms with Gasteiger partial charge in [-0.05, 0) is 56.0 Å². The average Bonchev–Trinajstić information content (AvgIpc) is 3.63. The first-order valence-electron chi connectivity index (χ1n) is 12.4. The van der Waals surface area contributed by atoms with Crippen LogP contribution in [0.2, 0.25) is 0 Å². The number of hydrogen-bond donors (Lipinski definition) is 4. The minimum absolute atomic E-state index is 0.00532. The highest BCUT2D eigenvalue weighted by Crippen LogP contribution is 2.39. The summed E-state index contributed by atoms with van der Waals surface area (Å²) in [5.74, 6) is 2.03. The van der Waals surface area contributed by atoms with Crippen LogP contribution in [0.25, 0.3) is 38.8 Å². The summed E-state index contributed by atoms with van der Waals surface area (Å²) < 4.78 is 2.05. The number of hydrogen-bond acceptors (Lipinski definition) is 5. The van der Waals surface area contributed by atoms with E-state index >= 15 is 0 Å². The largest absolute Gasteiger partial charge is 0.382 e. The lowest BCUT2D eigenvalue weighted by atomic mass is 9.81. The van der Waals surface area contributed by atoms with E-state index < -0.39 is 0 Å². The topological polar surface area (TPSA) is 130 Å². The van der Waals surface area contributed by atoms with Crippen molar-refractivity contribution in [1.29, 1.82) is 0 Å². The van der Waals surface area contributed by atoms with E-state index in [1.165, 1.54) is 0 Å². The van der Waals surface area contributed by atoms with Gasteiger partial charge in [0.05, 0.1) is 27.6 Å². The van der Waals surface area contributed by atoms with Crippen molar-refractivity contribution in [3.05, 3.63) is 72.8 Å². The Bertz CT molecular complexity index is 1700. The maximum absolute atomic E-state index is 13.0. The highest BCUT2D eigenvalue weighted by molar-refractivity contribution is 5.93. The van der Waals surface area contributed by atoms with Crippen LogP contribution in [-0.4, -0.2) is 35.2 Å². The molecule has 9 nitrogen and oxygen atoms in total. The standard InChI is InChI=1S/C28H24N8O/c29-25-24-23(22-15-18-5-1-2-6-19(18)31-22)34-26(36(24)14-13-30-25)16-9-11-17(12-10-16)27(37)35-28-32-20-7-3-4-8-21(20)33-28/h2-4,6-8,13-17,31H,9-12H2,(H2,29,30)(H2,32,33,35,37). The minimum atomic E-state index is -0.0672. The molecular weight excluding hydrogens is 464 g/mol. The summed E-state index contributed by atoms with van der Waals surface area (Å²) in [4.78, 5) is 33.5. The number of carbonyl (C=O) groups is 1. The second kappa shape index (κ2) is 8.38. The van der Waals surface area contributed by atoms with Gasteiger partial charge in [0.25, 0.3) is 0 Å². The van der Waals surface area contributed by atoms with E-state index in [9.17, 15) is 4.79 Å². The Morgan fingerprint density at radius 3 is 2.78 bits per heavy atom. The first-order valence-corrected chi connectivity index (χ1v) is 12.4. The number of H-pyrrole nitrogens is 2. The molecule has 0 unspecified atom stereocenters. The molecule has 1 aliphatic carbocycles. The Morgan fingerprint density at radius 1 is 1.08 bits per heavy atom. The summed E-state index contributed by atoms with van der Waals surface area (Å²) in [6.45, 7) is 0. The van der Waals surface area contributed by atoms with Gasteiger partial charge in [-0.2, -0.15) is 0 Å². The van der Waals surface area contributed by atoms with Gasteiger partial charge in [-0.1, -0.05) is 24.3 Å². The summed E-state index contributed by atoms with van der Waals surface area (Å²) in [5, 5.41) is 3.91. The Morgan fingerprint density at radius 2 is 1.95 bits per heavy atom. The fraction of sp³-hybridized carbons (Fsp3) is 0.214. The number of nitrogens with one attached hydrogen (secondary N) is 3. The molecule has 182 valence electrons. The number of fused-ring (bicyclic) bond motifs is 3. The van der Waals surface area contributed by atoms with Crippen molar-refractivity contribution < 1.29 is 4.79 Å². The first kappa shape index (κ1) is 21.4. The van der Waals surface area contributed by atoms with E-state index in [0.29, 0.717) is 11.8 Å². The lowest BCUT2D eigenvalue weighted by molar-refractivity contribution is -0.120. The van der Waals surface area contributed by atoms with E-state index in [1.54, 1.807) is 6.20 Å². The van der Waals surface area contributed by atoms with Crippen LogP contribution >= 0.6 is 0 Å². The number of anilines is 2. The van der Waals surface area contributed by atoms with Gasteiger partial charge in [-0.3, -0.25) is 14.5 Å². The quantitative estimate of drug-likeness (QED) is 0.282. The smallest absolute Gasteiger partial charge is 0.229 e.